The molecule has 4 rings (SSSR count). The van der Waals surface area contributed by atoms with E-state index in [2.05, 4.69) is 10.8 Å². The predicted molar refractivity (Wildman–Crippen MR) is 108 cm³/mol. The van der Waals surface area contributed by atoms with Crippen LogP contribution in [0.5, 0.6) is 0 Å². The van der Waals surface area contributed by atoms with Gasteiger partial charge in [0, 0.05) is 22.5 Å². The quantitative estimate of drug-likeness (QED) is 0.645. The minimum Gasteiger partial charge on any atom is -0.350 e. The van der Waals surface area contributed by atoms with Gasteiger partial charge >= 0.3 is 6.18 Å². The van der Waals surface area contributed by atoms with Gasteiger partial charge in [-0.25, -0.2) is 0 Å². The fourth-order valence-corrected chi connectivity index (χ4v) is 4.46. The van der Waals surface area contributed by atoms with Gasteiger partial charge in [0.05, 0.1) is 11.7 Å². The van der Waals surface area contributed by atoms with E-state index in [0.29, 0.717) is 5.56 Å². The lowest BCUT2D eigenvalue weighted by molar-refractivity contribution is -0.269. The molecule has 1 amide bonds. The van der Waals surface area contributed by atoms with Crippen LogP contribution >= 0.6 is 23.2 Å². The average Bonchev–Trinajstić information content (AvgIpc) is 3.25. The van der Waals surface area contributed by atoms with E-state index in [4.69, 9.17) is 28.0 Å². The van der Waals surface area contributed by atoms with Crippen LogP contribution in [0.3, 0.4) is 0 Å². The first kappa shape index (κ1) is 21.0. The maximum absolute atomic E-state index is 14.1. The Balaban J connectivity index is 1.73. The normalized spacial score (nSPS) is 23.0. The highest BCUT2D eigenvalue weighted by molar-refractivity contribution is 6.34. The van der Waals surface area contributed by atoms with E-state index in [-0.39, 0.29) is 33.3 Å². The Morgan fingerprint density at radius 2 is 1.90 bits per heavy atom. The van der Waals surface area contributed by atoms with Gasteiger partial charge in [0.25, 0.3) is 0 Å². The van der Waals surface area contributed by atoms with Crippen molar-refractivity contribution in [2.75, 3.05) is 0 Å². The van der Waals surface area contributed by atoms with Crippen LogP contribution in [0.15, 0.2) is 42.5 Å². The van der Waals surface area contributed by atoms with Crippen molar-refractivity contribution >= 4 is 34.8 Å². The molecule has 2 N–H and O–H groups in total. The first-order valence-corrected chi connectivity index (χ1v) is 9.95. The van der Waals surface area contributed by atoms with Crippen molar-refractivity contribution in [3.05, 3.63) is 74.8 Å². The highest BCUT2D eigenvalue weighted by atomic mass is 35.5. The molecule has 2 aliphatic rings. The number of rotatable bonds is 3. The highest BCUT2D eigenvalue weighted by Crippen LogP contribution is 2.48. The minimum atomic E-state index is -4.76. The number of fused-ring (bicyclic) bond motifs is 1. The topological polar surface area (TPSA) is 50.4 Å². The van der Waals surface area contributed by atoms with E-state index in [9.17, 15) is 18.0 Å². The third-order valence-corrected chi connectivity index (χ3v) is 5.73. The van der Waals surface area contributed by atoms with Crippen LogP contribution in [-0.4, -0.2) is 12.1 Å². The van der Waals surface area contributed by atoms with Gasteiger partial charge in [0.15, 0.2) is 0 Å². The molecular formula is C21H17Cl2F3N2O2. The molecule has 1 heterocycles. The molecule has 1 aliphatic heterocycles. The van der Waals surface area contributed by atoms with Crippen LogP contribution in [0.4, 0.5) is 13.2 Å². The lowest BCUT2D eigenvalue weighted by Crippen LogP contribution is -2.42. The molecule has 0 aromatic heterocycles. The van der Waals surface area contributed by atoms with Crippen LogP contribution < -0.4 is 10.8 Å². The molecule has 0 bridgehead atoms. The third kappa shape index (κ3) is 3.66. The second-order valence-corrected chi connectivity index (χ2v) is 8.23. The summed E-state index contributed by atoms with van der Waals surface area (Å²) in [7, 11) is 0. The van der Waals surface area contributed by atoms with Crippen molar-refractivity contribution in [3.63, 3.8) is 0 Å². The van der Waals surface area contributed by atoms with Gasteiger partial charge in [-0.2, -0.15) is 13.2 Å². The zero-order valence-corrected chi connectivity index (χ0v) is 17.3. The van der Waals surface area contributed by atoms with Gasteiger partial charge in [-0.05, 0) is 59.9 Å². The van der Waals surface area contributed by atoms with Crippen molar-refractivity contribution in [2.24, 2.45) is 0 Å². The maximum Gasteiger partial charge on any atom is 0.428 e. The van der Waals surface area contributed by atoms with Crippen molar-refractivity contribution in [1.82, 2.24) is 10.8 Å². The van der Waals surface area contributed by atoms with Crippen molar-refractivity contribution < 1.29 is 22.8 Å². The molecule has 0 spiro atoms. The smallest absolute Gasteiger partial charge is 0.350 e. The molecule has 0 saturated carbocycles. The summed E-state index contributed by atoms with van der Waals surface area (Å²) < 4.78 is 42.3. The standard InChI is InChI=1S/C21H17Cl2F3N2O2/c1-11(29)27-18-5-3-12-6-13(2-4-17(12)18)19-10-20(30-28-19,21(24,25)26)14-7-15(22)9-16(23)8-14/h2,4,6-10,18,28H,3,5H2,1H3,(H,27,29). The van der Waals surface area contributed by atoms with Crippen molar-refractivity contribution in [3.8, 4) is 0 Å². The van der Waals surface area contributed by atoms with Crippen LogP contribution in [0.2, 0.25) is 10.0 Å². The average molecular weight is 457 g/mol. The molecule has 9 heteroatoms. The number of carbonyl (C=O) groups excluding carboxylic acids is 1. The Morgan fingerprint density at radius 1 is 1.20 bits per heavy atom. The van der Waals surface area contributed by atoms with Crippen LogP contribution in [-0.2, 0) is 21.7 Å². The van der Waals surface area contributed by atoms with Gasteiger partial charge in [0.1, 0.15) is 0 Å². The van der Waals surface area contributed by atoms with Crippen molar-refractivity contribution in [1.29, 1.82) is 0 Å². The summed E-state index contributed by atoms with van der Waals surface area (Å²) in [6.45, 7) is 1.45. The summed E-state index contributed by atoms with van der Waals surface area (Å²) in [5.41, 5.74) is 2.17. The molecule has 2 unspecified atom stereocenters. The van der Waals surface area contributed by atoms with Gasteiger partial charge in [0.2, 0.25) is 11.5 Å². The van der Waals surface area contributed by atoms with Crippen LogP contribution in [0.25, 0.3) is 5.70 Å². The number of benzene rings is 2. The van der Waals surface area contributed by atoms with E-state index < -0.39 is 11.8 Å². The second kappa shape index (κ2) is 7.48. The minimum absolute atomic E-state index is 0.0770. The molecule has 2 aromatic rings. The number of halogens is 5. The second-order valence-electron chi connectivity index (χ2n) is 7.36. The zero-order valence-electron chi connectivity index (χ0n) is 15.7. The lowest BCUT2D eigenvalue weighted by atomic mass is 9.91. The summed E-state index contributed by atoms with van der Waals surface area (Å²) in [6.07, 6.45) is -2.30. The lowest BCUT2D eigenvalue weighted by Gasteiger charge is -2.28. The predicted octanol–water partition coefficient (Wildman–Crippen LogP) is 5.45. The number of alkyl halides is 3. The van der Waals surface area contributed by atoms with Gasteiger partial charge in [-0.1, -0.05) is 35.3 Å². The maximum atomic E-state index is 14.1. The number of aryl methyl sites for hydroxylation is 1. The highest BCUT2D eigenvalue weighted by Gasteiger charge is 2.59. The molecule has 0 fully saturated rings. The summed E-state index contributed by atoms with van der Waals surface area (Å²) >= 11 is 11.9. The molecule has 0 saturated heterocycles. The summed E-state index contributed by atoms with van der Waals surface area (Å²) in [6, 6.07) is 8.98. The number of amides is 1. The molecular weight excluding hydrogens is 440 g/mol. The Labute approximate surface area is 181 Å². The number of nitrogens with one attached hydrogen (secondary N) is 2. The Kier molecular flexibility index (Phi) is 5.24. The fourth-order valence-electron chi connectivity index (χ4n) is 3.93. The Hall–Kier alpha value is -2.22. The van der Waals surface area contributed by atoms with Crippen LogP contribution in [0, 0.1) is 0 Å². The third-order valence-electron chi connectivity index (χ3n) is 5.29. The molecule has 158 valence electrons. The van der Waals surface area contributed by atoms with E-state index in [1.54, 1.807) is 6.07 Å². The molecule has 1 aliphatic carbocycles. The Morgan fingerprint density at radius 3 is 2.53 bits per heavy atom. The van der Waals surface area contributed by atoms with E-state index in [0.717, 1.165) is 30.0 Å². The number of hydroxylamine groups is 1. The first-order chi connectivity index (χ1) is 14.1. The molecule has 0 radical (unpaired) electrons. The number of hydrogen-bond donors (Lipinski definition) is 2. The summed E-state index contributed by atoms with van der Waals surface area (Å²) in [4.78, 5) is 16.5. The summed E-state index contributed by atoms with van der Waals surface area (Å²) in [5.74, 6) is -0.124. The number of hydrogen-bond acceptors (Lipinski definition) is 3. The van der Waals surface area contributed by atoms with E-state index in [1.165, 1.54) is 25.1 Å². The molecule has 2 aromatic carbocycles. The van der Waals surface area contributed by atoms with E-state index >= 15 is 0 Å². The van der Waals surface area contributed by atoms with E-state index in [1.807, 2.05) is 12.1 Å². The summed E-state index contributed by atoms with van der Waals surface area (Å²) in [5, 5.41) is 3.04. The fraction of sp³-hybridized carbons (Fsp3) is 0.286. The monoisotopic (exact) mass is 456 g/mol. The largest absolute Gasteiger partial charge is 0.428 e. The molecule has 4 nitrogen and oxygen atoms in total. The van der Waals surface area contributed by atoms with Gasteiger partial charge < -0.3 is 5.32 Å². The van der Waals surface area contributed by atoms with Crippen LogP contribution in [0.1, 0.15) is 41.6 Å². The first-order valence-electron chi connectivity index (χ1n) is 9.19. The number of carbonyl (C=O) groups is 1. The zero-order chi connectivity index (χ0) is 21.7. The van der Waals surface area contributed by atoms with Gasteiger partial charge in [-0.3, -0.25) is 15.1 Å². The Bertz CT molecular complexity index is 1030. The SMILES string of the molecule is CC(=O)NC1CCc2cc(C3=CC(c4cc(Cl)cc(Cl)c4)(C(F)(F)F)ON3)ccc21. The molecule has 2 atom stereocenters. The van der Waals surface area contributed by atoms with Crippen molar-refractivity contribution in [2.45, 2.75) is 37.6 Å². The molecule has 30 heavy (non-hydrogen) atoms. The van der Waals surface area contributed by atoms with Gasteiger partial charge in [-0.15, -0.1) is 0 Å².